The summed E-state index contributed by atoms with van der Waals surface area (Å²) < 4.78 is 11.6. The van der Waals surface area contributed by atoms with Crippen LogP contribution in [0.3, 0.4) is 0 Å². The van der Waals surface area contributed by atoms with Crippen LogP contribution in [0.15, 0.2) is 46.5 Å². The molecule has 6 bridgehead atoms. The maximum atomic E-state index is 6.39. The van der Waals surface area contributed by atoms with E-state index in [0.717, 1.165) is 23.5 Å². The van der Waals surface area contributed by atoms with Gasteiger partial charge in [0, 0.05) is 10.5 Å². The number of anilines is 1. The highest BCUT2D eigenvalue weighted by Gasteiger charge is 2.16. The highest BCUT2D eigenvalue weighted by molar-refractivity contribution is 7.99. The lowest BCUT2D eigenvalue weighted by atomic mass is 10.2. The van der Waals surface area contributed by atoms with Crippen LogP contribution in [0.2, 0.25) is 10.0 Å². The van der Waals surface area contributed by atoms with E-state index >= 15 is 0 Å². The molecule has 6 nitrogen and oxygen atoms in total. The molecule has 1 aliphatic rings. The van der Waals surface area contributed by atoms with Gasteiger partial charge in [-0.1, -0.05) is 29.3 Å². The van der Waals surface area contributed by atoms with Gasteiger partial charge in [-0.3, -0.25) is 0 Å². The van der Waals surface area contributed by atoms with Crippen LogP contribution in [0, 0.1) is 0 Å². The zero-order chi connectivity index (χ0) is 19.5. The number of halogens is 2. The first-order chi connectivity index (χ1) is 13.6. The Morgan fingerprint density at radius 3 is 2.61 bits per heavy atom. The Hall–Kier alpha value is -2.22. The first-order valence-electron chi connectivity index (χ1n) is 8.63. The largest absolute Gasteiger partial charge is 0.494 e. The van der Waals surface area contributed by atoms with E-state index in [1.807, 2.05) is 24.3 Å². The summed E-state index contributed by atoms with van der Waals surface area (Å²) in [6.45, 7) is 1.10. The van der Waals surface area contributed by atoms with Gasteiger partial charge < -0.3 is 15.2 Å². The topological polar surface area (TPSA) is 83.2 Å². The van der Waals surface area contributed by atoms with Gasteiger partial charge in [-0.25, -0.2) is 4.98 Å². The quantitative estimate of drug-likeness (QED) is 0.524. The molecule has 0 saturated carbocycles. The SMILES string of the molecule is Nc1nc2nc(n1)-c1cc(c(Cl)cc1Cl)OCCCCOc1cccc(c1)S2. The second-order valence-electron chi connectivity index (χ2n) is 6.04. The number of ether oxygens (including phenoxy) is 2. The van der Waals surface area contributed by atoms with Crippen molar-refractivity contribution in [3.05, 3.63) is 46.4 Å². The van der Waals surface area contributed by atoms with Gasteiger partial charge >= 0.3 is 0 Å². The molecule has 2 aromatic carbocycles. The van der Waals surface area contributed by atoms with Crippen molar-refractivity contribution in [1.82, 2.24) is 15.0 Å². The van der Waals surface area contributed by atoms with Crippen molar-refractivity contribution < 1.29 is 9.47 Å². The molecular formula is C19H16Cl2N4O2S. The summed E-state index contributed by atoms with van der Waals surface area (Å²) in [5, 5.41) is 1.30. The number of aromatic nitrogens is 3. The summed E-state index contributed by atoms with van der Waals surface area (Å²) in [7, 11) is 0. The molecule has 1 aromatic heterocycles. The summed E-state index contributed by atoms with van der Waals surface area (Å²) in [4.78, 5) is 13.9. The molecule has 28 heavy (non-hydrogen) atoms. The van der Waals surface area contributed by atoms with Crippen molar-refractivity contribution in [3.8, 4) is 22.9 Å². The maximum absolute atomic E-state index is 6.39. The highest BCUT2D eigenvalue weighted by Crippen LogP contribution is 2.37. The van der Waals surface area contributed by atoms with Gasteiger partial charge in [-0.15, -0.1) is 0 Å². The average Bonchev–Trinajstić information content (AvgIpc) is 2.65. The first-order valence-corrected chi connectivity index (χ1v) is 10.2. The van der Waals surface area contributed by atoms with Gasteiger partial charge in [0.15, 0.2) is 11.0 Å². The third-order valence-electron chi connectivity index (χ3n) is 3.97. The van der Waals surface area contributed by atoms with E-state index in [1.165, 1.54) is 11.8 Å². The molecule has 1 aliphatic heterocycles. The molecule has 0 fully saturated rings. The smallest absolute Gasteiger partial charge is 0.224 e. The van der Waals surface area contributed by atoms with Gasteiger partial charge in [0.2, 0.25) is 5.95 Å². The average molecular weight is 435 g/mol. The second-order valence-corrected chi connectivity index (χ2v) is 7.90. The number of nitrogens with two attached hydrogens (primary N) is 1. The minimum absolute atomic E-state index is 0.106. The lowest BCUT2D eigenvalue weighted by molar-refractivity contribution is 0.266. The summed E-state index contributed by atoms with van der Waals surface area (Å²) >= 11 is 14.0. The Morgan fingerprint density at radius 2 is 1.75 bits per heavy atom. The van der Waals surface area contributed by atoms with Crippen LogP contribution in [0.25, 0.3) is 11.4 Å². The third kappa shape index (κ3) is 4.43. The minimum Gasteiger partial charge on any atom is -0.494 e. The van der Waals surface area contributed by atoms with E-state index in [2.05, 4.69) is 15.0 Å². The number of hydrogen-bond acceptors (Lipinski definition) is 7. The fraction of sp³-hybridized carbons (Fsp3) is 0.211. The van der Waals surface area contributed by atoms with E-state index in [1.54, 1.807) is 12.1 Å². The lowest BCUT2D eigenvalue weighted by Gasteiger charge is -2.13. The Labute approximate surface area is 176 Å². The zero-order valence-electron chi connectivity index (χ0n) is 14.7. The Kier molecular flexibility index (Phi) is 5.75. The van der Waals surface area contributed by atoms with E-state index in [-0.39, 0.29) is 5.95 Å². The van der Waals surface area contributed by atoms with Crippen molar-refractivity contribution in [3.63, 3.8) is 0 Å². The molecule has 9 heteroatoms. The van der Waals surface area contributed by atoms with Crippen LogP contribution < -0.4 is 15.2 Å². The minimum atomic E-state index is 0.106. The molecular weight excluding hydrogens is 419 g/mol. The third-order valence-corrected chi connectivity index (χ3v) is 5.44. The van der Waals surface area contributed by atoms with Crippen molar-refractivity contribution >= 4 is 40.9 Å². The van der Waals surface area contributed by atoms with E-state index in [4.69, 9.17) is 38.4 Å². The number of rotatable bonds is 0. The number of hydrogen-bond donors (Lipinski definition) is 1. The summed E-state index contributed by atoms with van der Waals surface area (Å²) in [5.74, 6) is 1.78. The van der Waals surface area contributed by atoms with Crippen LogP contribution >= 0.6 is 35.0 Å². The lowest BCUT2D eigenvalue weighted by Crippen LogP contribution is -2.05. The Bertz CT molecular complexity index is 1020. The van der Waals surface area contributed by atoms with E-state index in [9.17, 15) is 0 Å². The molecule has 4 rings (SSSR count). The van der Waals surface area contributed by atoms with Crippen molar-refractivity contribution in [2.45, 2.75) is 22.9 Å². The fourth-order valence-corrected chi connectivity index (χ4v) is 3.98. The summed E-state index contributed by atoms with van der Waals surface area (Å²) in [5.41, 5.74) is 6.50. The van der Waals surface area contributed by atoms with Gasteiger partial charge in [-0.2, -0.15) is 9.97 Å². The molecule has 0 radical (unpaired) electrons. The van der Waals surface area contributed by atoms with Crippen LogP contribution in [0.4, 0.5) is 5.95 Å². The molecule has 0 unspecified atom stereocenters. The van der Waals surface area contributed by atoms with Gasteiger partial charge in [0.05, 0.1) is 23.3 Å². The molecule has 0 aliphatic carbocycles. The van der Waals surface area contributed by atoms with Crippen LogP contribution in [0.1, 0.15) is 12.8 Å². The summed E-state index contributed by atoms with van der Waals surface area (Å²) in [6, 6.07) is 11.1. The second kappa shape index (κ2) is 8.43. The molecule has 0 spiro atoms. The first kappa shape index (κ1) is 19.1. The van der Waals surface area contributed by atoms with Crippen molar-refractivity contribution in [2.24, 2.45) is 0 Å². The standard InChI is InChI=1S/C19H16Cl2N4O2S/c20-14-10-15(21)16-9-13(14)17-23-18(22)25-19(24-17)28-12-5-3-4-11(8-12)26-6-1-2-7-27-16/h3-5,8-10H,1-2,6-7H2,(H2,22,23,24,25). The molecule has 144 valence electrons. The predicted octanol–water partition coefficient (Wildman–Crippen LogP) is 5.13. The number of nitrogens with zero attached hydrogens (tertiary/aromatic N) is 3. The van der Waals surface area contributed by atoms with Gasteiger partial charge in [0.1, 0.15) is 11.5 Å². The van der Waals surface area contributed by atoms with Crippen molar-refractivity contribution in [2.75, 3.05) is 18.9 Å². The molecule has 0 saturated heterocycles. The molecule has 3 aromatic rings. The highest BCUT2D eigenvalue weighted by atomic mass is 35.5. The van der Waals surface area contributed by atoms with E-state index in [0.29, 0.717) is 45.6 Å². The number of benzene rings is 2. The Balaban J connectivity index is 1.80. The molecule has 2 heterocycles. The van der Waals surface area contributed by atoms with Gasteiger partial charge in [0.25, 0.3) is 0 Å². The fourth-order valence-electron chi connectivity index (χ4n) is 2.66. The number of fused-ring (bicyclic) bond motifs is 7. The van der Waals surface area contributed by atoms with Gasteiger partial charge in [-0.05, 0) is 54.9 Å². The number of nitrogen functional groups attached to an aromatic ring is 1. The Morgan fingerprint density at radius 1 is 0.929 bits per heavy atom. The van der Waals surface area contributed by atoms with Crippen LogP contribution in [0.5, 0.6) is 11.5 Å². The van der Waals surface area contributed by atoms with E-state index < -0.39 is 0 Å². The van der Waals surface area contributed by atoms with Crippen LogP contribution in [-0.4, -0.2) is 28.2 Å². The van der Waals surface area contributed by atoms with Crippen LogP contribution in [-0.2, 0) is 0 Å². The maximum Gasteiger partial charge on any atom is 0.224 e. The predicted molar refractivity (Wildman–Crippen MR) is 110 cm³/mol. The summed E-state index contributed by atoms with van der Waals surface area (Å²) in [6.07, 6.45) is 1.68. The normalized spacial score (nSPS) is 14.1. The zero-order valence-corrected chi connectivity index (χ0v) is 17.0. The molecule has 0 atom stereocenters. The molecule has 0 amide bonds. The van der Waals surface area contributed by atoms with Crippen molar-refractivity contribution in [1.29, 1.82) is 0 Å². The molecule has 2 N–H and O–H groups in total. The monoisotopic (exact) mass is 434 g/mol.